The molecule has 0 aromatic carbocycles. The topological polar surface area (TPSA) is 57.8 Å². The number of rotatable bonds is 5. The summed E-state index contributed by atoms with van der Waals surface area (Å²) in [6.07, 6.45) is 3.48. The third kappa shape index (κ3) is 3.32. The summed E-state index contributed by atoms with van der Waals surface area (Å²) < 4.78 is 1.77. The SMILES string of the molecule is CC(C)CN(C)Cc1ccc2nc(C(=O)O)cn2c1. The van der Waals surface area contributed by atoms with E-state index in [2.05, 4.69) is 30.8 Å². The number of hydrogen-bond acceptors (Lipinski definition) is 3. The summed E-state index contributed by atoms with van der Waals surface area (Å²) in [6, 6.07) is 3.84. The lowest BCUT2D eigenvalue weighted by molar-refractivity contribution is 0.0691. The second-order valence-electron chi connectivity index (χ2n) is 5.32. The lowest BCUT2D eigenvalue weighted by atomic mass is 10.2. The Morgan fingerprint density at radius 2 is 2.16 bits per heavy atom. The molecule has 2 aromatic heterocycles. The van der Waals surface area contributed by atoms with Crippen molar-refractivity contribution < 1.29 is 9.90 Å². The molecule has 19 heavy (non-hydrogen) atoms. The van der Waals surface area contributed by atoms with E-state index in [0.717, 1.165) is 18.7 Å². The van der Waals surface area contributed by atoms with E-state index >= 15 is 0 Å². The summed E-state index contributed by atoms with van der Waals surface area (Å²) in [5.41, 5.74) is 1.88. The zero-order chi connectivity index (χ0) is 14.0. The molecule has 0 amide bonds. The van der Waals surface area contributed by atoms with Gasteiger partial charge in [0.25, 0.3) is 0 Å². The van der Waals surface area contributed by atoms with Gasteiger partial charge in [-0.1, -0.05) is 19.9 Å². The van der Waals surface area contributed by atoms with Crippen molar-refractivity contribution in [2.24, 2.45) is 5.92 Å². The molecule has 5 nitrogen and oxygen atoms in total. The van der Waals surface area contributed by atoms with Gasteiger partial charge in [-0.15, -0.1) is 0 Å². The van der Waals surface area contributed by atoms with E-state index in [0.29, 0.717) is 11.6 Å². The molecule has 2 heterocycles. The number of hydrogen-bond donors (Lipinski definition) is 1. The Bertz CT molecular complexity index is 589. The number of fused-ring (bicyclic) bond motifs is 1. The van der Waals surface area contributed by atoms with Gasteiger partial charge in [-0.3, -0.25) is 0 Å². The smallest absolute Gasteiger partial charge is 0.356 e. The van der Waals surface area contributed by atoms with Crippen molar-refractivity contribution in [2.45, 2.75) is 20.4 Å². The highest BCUT2D eigenvalue weighted by Crippen LogP contribution is 2.10. The van der Waals surface area contributed by atoms with E-state index in [-0.39, 0.29) is 5.69 Å². The van der Waals surface area contributed by atoms with Crippen LogP contribution in [-0.2, 0) is 6.54 Å². The molecule has 0 fully saturated rings. The number of aromatic carboxylic acids is 1. The molecule has 0 unspecified atom stereocenters. The van der Waals surface area contributed by atoms with E-state index in [1.165, 1.54) is 0 Å². The number of imidazole rings is 1. The molecule has 0 saturated carbocycles. The van der Waals surface area contributed by atoms with Gasteiger partial charge in [0.2, 0.25) is 0 Å². The van der Waals surface area contributed by atoms with Gasteiger partial charge in [0.15, 0.2) is 5.69 Å². The van der Waals surface area contributed by atoms with Crippen molar-refractivity contribution in [3.05, 3.63) is 35.8 Å². The van der Waals surface area contributed by atoms with Crippen LogP contribution in [0.2, 0.25) is 0 Å². The third-order valence-electron chi connectivity index (χ3n) is 2.86. The minimum absolute atomic E-state index is 0.0766. The normalized spacial score (nSPS) is 11.6. The first-order chi connectivity index (χ1) is 8.95. The van der Waals surface area contributed by atoms with E-state index in [1.807, 2.05) is 18.3 Å². The van der Waals surface area contributed by atoms with Crippen molar-refractivity contribution in [1.82, 2.24) is 14.3 Å². The van der Waals surface area contributed by atoms with E-state index in [1.54, 1.807) is 10.6 Å². The molecule has 1 N–H and O–H groups in total. The molecule has 0 aliphatic heterocycles. The Kier molecular flexibility index (Phi) is 3.85. The van der Waals surface area contributed by atoms with Crippen LogP contribution in [0, 0.1) is 5.92 Å². The molecule has 0 aliphatic carbocycles. The molecule has 0 radical (unpaired) electrons. The van der Waals surface area contributed by atoms with Gasteiger partial charge in [0, 0.05) is 25.5 Å². The van der Waals surface area contributed by atoms with Crippen molar-refractivity contribution in [2.75, 3.05) is 13.6 Å². The fraction of sp³-hybridized carbons (Fsp3) is 0.429. The van der Waals surface area contributed by atoms with Gasteiger partial charge >= 0.3 is 5.97 Å². The molecule has 0 spiro atoms. The average Bonchev–Trinajstić information content (AvgIpc) is 2.70. The molecule has 2 aromatic rings. The third-order valence-corrected chi connectivity index (χ3v) is 2.86. The number of carboxylic acids is 1. The minimum Gasteiger partial charge on any atom is -0.476 e. The van der Waals surface area contributed by atoms with E-state index < -0.39 is 5.97 Å². The Hall–Kier alpha value is -1.88. The molecule has 102 valence electrons. The number of carbonyl (C=O) groups is 1. The van der Waals surface area contributed by atoms with Crippen LogP contribution in [-0.4, -0.2) is 39.0 Å². The van der Waals surface area contributed by atoms with Crippen molar-refractivity contribution in [1.29, 1.82) is 0 Å². The van der Waals surface area contributed by atoms with E-state index in [9.17, 15) is 4.79 Å². The van der Waals surface area contributed by atoms with E-state index in [4.69, 9.17) is 5.11 Å². The minimum atomic E-state index is -0.998. The highest BCUT2D eigenvalue weighted by molar-refractivity contribution is 5.86. The fourth-order valence-corrected chi connectivity index (χ4v) is 2.23. The predicted octanol–water partition coefficient (Wildman–Crippen LogP) is 2.12. The van der Waals surface area contributed by atoms with Gasteiger partial charge in [0.05, 0.1) is 0 Å². The monoisotopic (exact) mass is 261 g/mol. The van der Waals surface area contributed by atoms with Crippen LogP contribution in [0.4, 0.5) is 0 Å². The second kappa shape index (κ2) is 5.40. The number of carboxylic acid groups (broad SMARTS) is 1. The maximum Gasteiger partial charge on any atom is 0.356 e. The van der Waals surface area contributed by atoms with Crippen LogP contribution < -0.4 is 0 Å². The van der Waals surface area contributed by atoms with Gasteiger partial charge in [-0.25, -0.2) is 9.78 Å². The van der Waals surface area contributed by atoms with Crippen LogP contribution in [0.3, 0.4) is 0 Å². The number of pyridine rings is 1. The molecular formula is C14H19N3O2. The Morgan fingerprint density at radius 3 is 2.79 bits per heavy atom. The summed E-state index contributed by atoms with van der Waals surface area (Å²) in [5.74, 6) is -0.372. The molecule has 2 rings (SSSR count). The number of aromatic nitrogens is 2. The zero-order valence-electron chi connectivity index (χ0n) is 11.5. The quantitative estimate of drug-likeness (QED) is 0.895. The lowest BCUT2D eigenvalue weighted by Crippen LogP contribution is -2.22. The molecule has 0 bridgehead atoms. The van der Waals surface area contributed by atoms with Crippen LogP contribution in [0.15, 0.2) is 24.5 Å². The standard InChI is InChI=1S/C14H19N3O2/c1-10(2)6-16(3)7-11-4-5-13-15-12(14(18)19)9-17(13)8-11/h4-5,8-10H,6-7H2,1-3H3,(H,18,19). The van der Waals surface area contributed by atoms with Crippen LogP contribution in [0.5, 0.6) is 0 Å². The molecule has 0 atom stereocenters. The Labute approximate surface area is 112 Å². The fourth-order valence-electron chi connectivity index (χ4n) is 2.23. The van der Waals surface area contributed by atoms with Crippen LogP contribution >= 0.6 is 0 Å². The summed E-state index contributed by atoms with van der Waals surface area (Å²) in [4.78, 5) is 17.2. The molecule has 0 aliphatic rings. The summed E-state index contributed by atoms with van der Waals surface area (Å²) >= 11 is 0. The Balaban J connectivity index is 2.19. The van der Waals surface area contributed by atoms with Crippen LogP contribution in [0.25, 0.3) is 5.65 Å². The first-order valence-corrected chi connectivity index (χ1v) is 6.35. The average molecular weight is 261 g/mol. The van der Waals surface area contributed by atoms with Crippen LogP contribution in [0.1, 0.15) is 29.9 Å². The van der Waals surface area contributed by atoms with Gasteiger partial charge in [-0.2, -0.15) is 0 Å². The van der Waals surface area contributed by atoms with Crippen molar-refractivity contribution in [3.63, 3.8) is 0 Å². The number of nitrogens with zero attached hydrogens (tertiary/aromatic N) is 3. The summed E-state index contributed by atoms with van der Waals surface area (Å²) in [6.45, 7) is 6.25. The maximum absolute atomic E-state index is 10.9. The first-order valence-electron chi connectivity index (χ1n) is 6.35. The van der Waals surface area contributed by atoms with Crippen molar-refractivity contribution >= 4 is 11.6 Å². The highest BCUT2D eigenvalue weighted by Gasteiger charge is 2.09. The maximum atomic E-state index is 10.9. The molecule has 5 heteroatoms. The molecular weight excluding hydrogens is 242 g/mol. The largest absolute Gasteiger partial charge is 0.476 e. The second-order valence-corrected chi connectivity index (χ2v) is 5.32. The highest BCUT2D eigenvalue weighted by atomic mass is 16.4. The Morgan fingerprint density at radius 1 is 1.42 bits per heavy atom. The molecule has 0 saturated heterocycles. The lowest BCUT2D eigenvalue weighted by Gasteiger charge is -2.18. The van der Waals surface area contributed by atoms with Gasteiger partial charge in [-0.05, 0) is 24.6 Å². The predicted molar refractivity (Wildman–Crippen MR) is 73.3 cm³/mol. The summed E-state index contributed by atoms with van der Waals surface area (Å²) in [5, 5.41) is 8.92. The zero-order valence-corrected chi connectivity index (χ0v) is 11.5. The van der Waals surface area contributed by atoms with Gasteiger partial charge < -0.3 is 14.4 Å². The van der Waals surface area contributed by atoms with Crippen molar-refractivity contribution in [3.8, 4) is 0 Å². The summed E-state index contributed by atoms with van der Waals surface area (Å²) in [7, 11) is 2.08. The van der Waals surface area contributed by atoms with Gasteiger partial charge in [0.1, 0.15) is 5.65 Å². The first kappa shape index (κ1) is 13.5.